The molecule has 0 spiro atoms. The predicted octanol–water partition coefficient (Wildman–Crippen LogP) is 5.34. The summed E-state index contributed by atoms with van der Waals surface area (Å²) in [5.41, 5.74) is 4.32. The normalized spacial score (nSPS) is 24.2. The van der Waals surface area contributed by atoms with Crippen LogP contribution in [0.5, 0.6) is 0 Å². The predicted molar refractivity (Wildman–Crippen MR) is 108 cm³/mol. The Morgan fingerprint density at radius 3 is 2.67 bits per heavy atom. The second-order valence-corrected chi connectivity index (χ2v) is 10.0. The van der Waals surface area contributed by atoms with Crippen molar-refractivity contribution in [1.82, 2.24) is 9.55 Å². The number of hydrogen-bond acceptors (Lipinski definition) is 3. The Labute approximate surface area is 154 Å². The van der Waals surface area contributed by atoms with Gasteiger partial charge in [0.25, 0.3) is 0 Å². The van der Waals surface area contributed by atoms with Gasteiger partial charge < -0.3 is 4.57 Å². The van der Waals surface area contributed by atoms with Crippen LogP contribution in [0.15, 0.2) is 36.9 Å². The molecule has 1 saturated heterocycles. The zero-order valence-corrected chi connectivity index (χ0v) is 16.6. The summed E-state index contributed by atoms with van der Waals surface area (Å²) in [4.78, 5) is 4.19. The number of nitrogens with zero attached hydrogens (tertiary/aromatic N) is 2. The van der Waals surface area contributed by atoms with E-state index in [2.05, 4.69) is 78.2 Å². The summed E-state index contributed by atoms with van der Waals surface area (Å²) >= 11 is 4.40. The molecule has 0 aliphatic carbocycles. The first-order valence-corrected chi connectivity index (χ1v) is 10.9. The molecule has 1 aromatic carbocycles. The number of thioether (sulfide) groups is 2. The van der Waals surface area contributed by atoms with E-state index in [0.717, 1.165) is 12.5 Å². The van der Waals surface area contributed by atoms with Crippen molar-refractivity contribution in [3.8, 4) is 0 Å². The van der Waals surface area contributed by atoms with Crippen LogP contribution >= 0.6 is 23.5 Å². The average Bonchev–Trinajstić information content (AvgIpc) is 3.10. The molecule has 2 heterocycles. The maximum atomic E-state index is 4.19. The van der Waals surface area contributed by atoms with E-state index in [-0.39, 0.29) is 0 Å². The van der Waals surface area contributed by atoms with Crippen molar-refractivity contribution in [3.05, 3.63) is 53.6 Å². The van der Waals surface area contributed by atoms with Gasteiger partial charge in [-0.25, -0.2) is 4.98 Å². The van der Waals surface area contributed by atoms with Crippen LogP contribution in [-0.2, 0) is 13.0 Å². The Kier molecular flexibility index (Phi) is 5.98. The molecule has 24 heavy (non-hydrogen) atoms. The number of rotatable bonds is 6. The van der Waals surface area contributed by atoms with Crippen molar-refractivity contribution in [2.75, 3.05) is 11.5 Å². The largest absolute Gasteiger partial charge is 0.337 e. The van der Waals surface area contributed by atoms with Crippen LogP contribution in [0.25, 0.3) is 0 Å². The molecule has 1 fully saturated rings. The quantitative estimate of drug-likeness (QED) is 0.693. The van der Waals surface area contributed by atoms with Crippen LogP contribution in [-0.4, -0.2) is 25.1 Å². The molecule has 0 atom stereocenters. The Bertz CT molecular complexity index is 644. The standard InChI is InChI=1S/C20H28N2S2/c1-4-18-13-23-20(24-14-18,7-9-22-10-8-21-15-22)12-19-6-5-16(2)11-17(19)3/h5-6,8,10-11,15,18H,4,7,9,12-14H2,1-3H3. The molecule has 0 amide bonds. The van der Waals surface area contributed by atoms with Crippen molar-refractivity contribution < 1.29 is 0 Å². The van der Waals surface area contributed by atoms with Gasteiger partial charge in [0, 0.05) is 18.9 Å². The highest BCUT2D eigenvalue weighted by Crippen LogP contribution is 2.49. The van der Waals surface area contributed by atoms with Crippen LogP contribution in [0.1, 0.15) is 36.5 Å². The molecule has 4 heteroatoms. The minimum atomic E-state index is 0.302. The molecule has 1 aliphatic heterocycles. The lowest BCUT2D eigenvalue weighted by Gasteiger charge is -2.39. The van der Waals surface area contributed by atoms with Gasteiger partial charge >= 0.3 is 0 Å². The number of aromatic nitrogens is 2. The van der Waals surface area contributed by atoms with Crippen LogP contribution in [0.3, 0.4) is 0 Å². The van der Waals surface area contributed by atoms with E-state index in [1.807, 2.05) is 12.5 Å². The summed E-state index contributed by atoms with van der Waals surface area (Å²) in [5, 5.41) is 0. The number of imidazole rings is 1. The molecule has 1 aromatic heterocycles. The molecule has 1 aliphatic rings. The minimum Gasteiger partial charge on any atom is -0.337 e. The molecule has 0 unspecified atom stereocenters. The molecule has 3 rings (SSSR count). The Morgan fingerprint density at radius 2 is 2.04 bits per heavy atom. The first-order valence-electron chi connectivity index (χ1n) is 8.90. The number of hydrogen-bond donors (Lipinski definition) is 0. The Balaban J connectivity index is 1.76. The van der Waals surface area contributed by atoms with Gasteiger partial charge in [-0.2, -0.15) is 0 Å². The lowest BCUT2D eigenvalue weighted by atomic mass is 10.00. The third kappa shape index (κ3) is 4.40. The highest BCUT2D eigenvalue weighted by Gasteiger charge is 2.36. The van der Waals surface area contributed by atoms with E-state index < -0.39 is 0 Å². The SMILES string of the molecule is CCC1CSC(CCn2ccnc2)(Cc2ccc(C)cc2C)SC1. The molecule has 0 saturated carbocycles. The summed E-state index contributed by atoms with van der Waals surface area (Å²) < 4.78 is 2.52. The first kappa shape index (κ1) is 17.9. The van der Waals surface area contributed by atoms with Gasteiger partial charge in [-0.1, -0.05) is 37.1 Å². The van der Waals surface area contributed by atoms with Crippen molar-refractivity contribution in [3.63, 3.8) is 0 Å². The fourth-order valence-electron chi connectivity index (χ4n) is 3.25. The fourth-order valence-corrected chi connectivity index (χ4v) is 6.92. The van der Waals surface area contributed by atoms with E-state index in [9.17, 15) is 0 Å². The van der Waals surface area contributed by atoms with Gasteiger partial charge in [0.1, 0.15) is 0 Å². The van der Waals surface area contributed by atoms with E-state index in [1.54, 1.807) is 0 Å². The monoisotopic (exact) mass is 360 g/mol. The molecule has 0 radical (unpaired) electrons. The van der Waals surface area contributed by atoms with Crippen LogP contribution < -0.4 is 0 Å². The van der Waals surface area contributed by atoms with Gasteiger partial charge in [-0.05, 0) is 55.2 Å². The lowest BCUT2D eigenvalue weighted by molar-refractivity contribution is 0.574. The maximum Gasteiger partial charge on any atom is 0.0945 e. The molecule has 2 nitrogen and oxygen atoms in total. The smallest absolute Gasteiger partial charge is 0.0945 e. The summed E-state index contributed by atoms with van der Waals surface area (Å²) in [6.45, 7) is 7.83. The summed E-state index contributed by atoms with van der Waals surface area (Å²) in [7, 11) is 0. The van der Waals surface area contributed by atoms with E-state index in [1.165, 1.54) is 47.5 Å². The summed E-state index contributed by atoms with van der Waals surface area (Å²) in [6, 6.07) is 6.93. The zero-order chi connectivity index (χ0) is 17.0. The second-order valence-electron chi connectivity index (χ2n) is 6.96. The molecule has 0 N–H and O–H groups in total. The molecule has 130 valence electrons. The lowest BCUT2D eigenvalue weighted by Crippen LogP contribution is -2.33. The van der Waals surface area contributed by atoms with Crippen LogP contribution in [0.2, 0.25) is 0 Å². The fraction of sp³-hybridized carbons (Fsp3) is 0.550. The second kappa shape index (κ2) is 8.01. The third-order valence-electron chi connectivity index (χ3n) is 5.01. The Morgan fingerprint density at radius 1 is 1.25 bits per heavy atom. The molecule has 2 aromatic rings. The number of aryl methyl sites for hydroxylation is 3. The van der Waals surface area contributed by atoms with Gasteiger partial charge in [0.2, 0.25) is 0 Å². The first-order chi connectivity index (χ1) is 11.6. The molecular weight excluding hydrogens is 332 g/mol. The van der Waals surface area contributed by atoms with Gasteiger partial charge in [0.05, 0.1) is 10.4 Å². The van der Waals surface area contributed by atoms with Crippen LogP contribution in [0, 0.1) is 19.8 Å². The van der Waals surface area contributed by atoms with Gasteiger partial charge in [-0.3, -0.25) is 0 Å². The topological polar surface area (TPSA) is 17.8 Å². The highest BCUT2D eigenvalue weighted by atomic mass is 32.2. The van der Waals surface area contributed by atoms with E-state index in [0.29, 0.717) is 4.08 Å². The summed E-state index contributed by atoms with van der Waals surface area (Å²) in [5.74, 6) is 3.48. The van der Waals surface area contributed by atoms with E-state index >= 15 is 0 Å². The highest BCUT2D eigenvalue weighted by molar-refractivity contribution is 8.18. The summed E-state index contributed by atoms with van der Waals surface area (Å²) in [6.07, 6.45) is 9.57. The van der Waals surface area contributed by atoms with E-state index in [4.69, 9.17) is 0 Å². The molecular formula is C20H28N2S2. The number of benzene rings is 1. The van der Waals surface area contributed by atoms with Crippen molar-refractivity contribution >= 4 is 23.5 Å². The maximum absolute atomic E-state index is 4.19. The molecule has 0 bridgehead atoms. The Hall–Kier alpha value is -0.870. The zero-order valence-electron chi connectivity index (χ0n) is 15.0. The van der Waals surface area contributed by atoms with Crippen molar-refractivity contribution in [2.45, 2.75) is 50.7 Å². The van der Waals surface area contributed by atoms with Crippen molar-refractivity contribution in [2.24, 2.45) is 5.92 Å². The van der Waals surface area contributed by atoms with Gasteiger partial charge in [0.15, 0.2) is 0 Å². The third-order valence-corrected chi connectivity index (χ3v) is 8.74. The average molecular weight is 361 g/mol. The van der Waals surface area contributed by atoms with Crippen molar-refractivity contribution in [1.29, 1.82) is 0 Å². The van der Waals surface area contributed by atoms with Gasteiger partial charge in [-0.15, -0.1) is 23.5 Å². The minimum absolute atomic E-state index is 0.302. The van der Waals surface area contributed by atoms with Crippen LogP contribution in [0.4, 0.5) is 0 Å².